The van der Waals surface area contributed by atoms with Gasteiger partial charge in [0.25, 0.3) is 5.56 Å². The van der Waals surface area contributed by atoms with Crippen LogP contribution in [0.5, 0.6) is 0 Å². The van der Waals surface area contributed by atoms with Crippen LogP contribution in [0.3, 0.4) is 0 Å². The molecular weight excluding hydrogens is 381 g/mol. The van der Waals surface area contributed by atoms with Crippen LogP contribution in [0.15, 0.2) is 21.9 Å². The molecule has 148 valence electrons. The Bertz CT molecular complexity index is 878. The molecule has 0 radical (unpaired) electrons. The van der Waals surface area contributed by atoms with Crippen molar-refractivity contribution in [2.45, 2.75) is 24.9 Å². The lowest BCUT2D eigenvalue weighted by Gasteiger charge is -2.38. The molecule has 2 fully saturated rings. The summed E-state index contributed by atoms with van der Waals surface area (Å²) in [5, 5.41) is 0. The van der Waals surface area contributed by atoms with E-state index in [1.165, 1.54) is 23.9 Å². The van der Waals surface area contributed by atoms with E-state index >= 15 is 0 Å². The van der Waals surface area contributed by atoms with Crippen LogP contribution in [0, 0.1) is 12.5 Å². The van der Waals surface area contributed by atoms with Gasteiger partial charge in [0.2, 0.25) is 6.54 Å². The van der Waals surface area contributed by atoms with Gasteiger partial charge in [0.15, 0.2) is 6.23 Å². The second-order valence-electron chi connectivity index (χ2n) is 6.29. The monoisotopic (exact) mass is 401 g/mol. The summed E-state index contributed by atoms with van der Waals surface area (Å²) in [6.45, 7) is 8.32. The quantitative estimate of drug-likeness (QED) is 0.431. The number of hydrogen-bond acceptors (Lipinski definition) is 8. The van der Waals surface area contributed by atoms with Gasteiger partial charge in [-0.1, -0.05) is 6.92 Å². The molecule has 0 aromatic carbocycles. The highest BCUT2D eigenvalue weighted by Gasteiger charge is 2.58. The van der Waals surface area contributed by atoms with E-state index < -0.39 is 37.0 Å². The van der Waals surface area contributed by atoms with Gasteiger partial charge in [-0.25, -0.2) is 15.9 Å². The Morgan fingerprint density at radius 1 is 1.44 bits per heavy atom. The fourth-order valence-corrected chi connectivity index (χ4v) is 4.47. The largest absolute Gasteiger partial charge is 0.475 e. The normalized spacial score (nSPS) is 36.0. The Hall–Kier alpha value is -1.80. The zero-order valence-corrected chi connectivity index (χ0v) is 15.7. The van der Waals surface area contributed by atoms with Crippen molar-refractivity contribution in [1.82, 2.24) is 9.55 Å². The number of aromatic nitrogens is 2. The molecule has 12 heteroatoms. The molecule has 1 N–H and O–H groups in total. The SMILES string of the molecule is [C-]#[N+]CCOP1(=O)OCC2(CO1)O[C@@H](n1ccc(=O)[nH]c1=O)C(OC)[C@H]2C. The van der Waals surface area contributed by atoms with E-state index in [4.69, 9.17) is 29.6 Å². The highest BCUT2D eigenvalue weighted by atomic mass is 31.2. The molecule has 2 aliphatic rings. The Kier molecular flexibility index (Phi) is 5.67. The highest BCUT2D eigenvalue weighted by molar-refractivity contribution is 7.48. The minimum Gasteiger partial charge on any atom is -0.376 e. The second-order valence-corrected chi connectivity index (χ2v) is 7.96. The predicted octanol–water partition coefficient (Wildman–Crippen LogP) is 0.546. The maximum absolute atomic E-state index is 12.4. The minimum absolute atomic E-state index is 0.0394. The Morgan fingerprint density at radius 3 is 2.74 bits per heavy atom. The lowest BCUT2D eigenvalue weighted by molar-refractivity contribution is -0.154. The van der Waals surface area contributed by atoms with Gasteiger partial charge in [0.05, 0.1) is 13.2 Å². The first-order chi connectivity index (χ1) is 12.8. The number of phosphoric ester groups is 1. The summed E-state index contributed by atoms with van der Waals surface area (Å²) in [5.74, 6) is -0.289. The zero-order chi connectivity index (χ0) is 19.7. The van der Waals surface area contributed by atoms with E-state index in [0.29, 0.717) is 0 Å². The molecule has 1 unspecified atom stereocenters. The molecule has 2 saturated heterocycles. The lowest BCUT2D eigenvalue weighted by atomic mass is 9.88. The smallest absolute Gasteiger partial charge is 0.376 e. The standard InChI is InChI=1S/C15H20N3O8P/c1-10-12(22-3)13(18-6-4-11(19)17-14(18)20)26-15(10)8-24-27(21,25-9-15)23-7-5-16-2/h4,6,10,12-13H,5,7-9H2,1,3H3,(H,17,19,20)/t10-,12?,13-,15?,27?/m1/s1. The van der Waals surface area contributed by atoms with Crippen molar-refractivity contribution in [2.75, 3.05) is 33.5 Å². The van der Waals surface area contributed by atoms with Gasteiger partial charge < -0.3 is 14.3 Å². The molecule has 0 bridgehead atoms. The number of nitrogens with zero attached hydrogens (tertiary/aromatic N) is 2. The number of H-pyrrole nitrogens is 1. The molecule has 1 aromatic rings. The maximum Gasteiger partial charge on any atom is 0.475 e. The van der Waals surface area contributed by atoms with Crippen molar-refractivity contribution in [3.63, 3.8) is 0 Å². The van der Waals surface area contributed by atoms with Crippen LogP contribution in [0.4, 0.5) is 0 Å². The van der Waals surface area contributed by atoms with Crippen molar-refractivity contribution in [1.29, 1.82) is 0 Å². The summed E-state index contributed by atoms with van der Waals surface area (Å²) >= 11 is 0. The second kappa shape index (κ2) is 7.67. The van der Waals surface area contributed by atoms with E-state index in [1.54, 1.807) is 0 Å². The van der Waals surface area contributed by atoms with E-state index in [2.05, 4.69) is 9.83 Å². The topological polar surface area (TPSA) is 122 Å². The third-order valence-corrected chi connectivity index (χ3v) is 6.13. The molecule has 27 heavy (non-hydrogen) atoms. The molecule has 0 saturated carbocycles. The molecule has 3 rings (SSSR count). The number of nitrogens with one attached hydrogen (secondary N) is 1. The van der Waals surface area contributed by atoms with Crippen LogP contribution >= 0.6 is 7.82 Å². The van der Waals surface area contributed by atoms with Crippen LogP contribution in [0.1, 0.15) is 13.2 Å². The van der Waals surface area contributed by atoms with Crippen molar-refractivity contribution < 1.29 is 27.6 Å². The van der Waals surface area contributed by atoms with Crippen LogP contribution in [0.25, 0.3) is 4.85 Å². The summed E-state index contributed by atoms with van der Waals surface area (Å²) in [7, 11) is -2.28. The van der Waals surface area contributed by atoms with Crippen molar-refractivity contribution in [3.8, 4) is 0 Å². The van der Waals surface area contributed by atoms with Gasteiger partial charge in [-0.2, -0.15) is 0 Å². The zero-order valence-electron chi connectivity index (χ0n) is 14.8. The Balaban J connectivity index is 1.80. The number of rotatable bonds is 5. The molecule has 3 atom stereocenters. The molecule has 0 aliphatic carbocycles. The fourth-order valence-electron chi connectivity index (χ4n) is 3.18. The van der Waals surface area contributed by atoms with Crippen molar-refractivity contribution >= 4 is 7.82 Å². The predicted molar refractivity (Wildman–Crippen MR) is 91.1 cm³/mol. The number of phosphoric acid groups is 1. The summed E-state index contributed by atoms with van der Waals surface area (Å²) < 4.78 is 40.9. The van der Waals surface area contributed by atoms with Crippen LogP contribution in [0.2, 0.25) is 0 Å². The summed E-state index contributed by atoms with van der Waals surface area (Å²) in [5.41, 5.74) is -2.17. The van der Waals surface area contributed by atoms with E-state index in [9.17, 15) is 14.2 Å². The van der Waals surface area contributed by atoms with Crippen molar-refractivity contribution in [3.05, 3.63) is 44.5 Å². The third kappa shape index (κ3) is 3.78. The van der Waals surface area contributed by atoms with E-state index in [0.717, 1.165) is 0 Å². The Morgan fingerprint density at radius 2 is 2.15 bits per heavy atom. The van der Waals surface area contributed by atoms with E-state index in [1.807, 2.05) is 6.92 Å². The Labute approximate surface area is 154 Å². The van der Waals surface area contributed by atoms with Crippen LogP contribution in [-0.4, -0.2) is 54.7 Å². The molecular formula is C15H20N3O8P. The summed E-state index contributed by atoms with van der Waals surface area (Å²) in [6.07, 6.45) is -0.0460. The summed E-state index contributed by atoms with van der Waals surface area (Å²) in [6, 6.07) is 1.21. The van der Waals surface area contributed by atoms with Crippen LogP contribution < -0.4 is 11.2 Å². The van der Waals surface area contributed by atoms with E-state index in [-0.39, 0.29) is 32.3 Å². The number of methoxy groups -OCH3 is 1. The first kappa shape index (κ1) is 19.9. The third-order valence-electron chi connectivity index (χ3n) is 4.74. The minimum atomic E-state index is -3.76. The number of aromatic amines is 1. The maximum atomic E-state index is 12.4. The average Bonchev–Trinajstić information content (AvgIpc) is 2.90. The van der Waals surface area contributed by atoms with Gasteiger partial charge in [-0.3, -0.25) is 27.9 Å². The highest BCUT2D eigenvalue weighted by Crippen LogP contribution is 2.57. The molecule has 1 spiro atoms. The first-order valence-electron chi connectivity index (χ1n) is 8.23. The molecule has 2 aliphatic heterocycles. The summed E-state index contributed by atoms with van der Waals surface area (Å²) in [4.78, 5) is 28.7. The van der Waals surface area contributed by atoms with Gasteiger partial charge >= 0.3 is 13.5 Å². The first-order valence-corrected chi connectivity index (χ1v) is 9.69. The van der Waals surface area contributed by atoms with Gasteiger partial charge in [-0.05, 0) is 0 Å². The lowest BCUT2D eigenvalue weighted by Crippen LogP contribution is -2.48. The fraction of sp³-hybridized carbons (Fsp3) is 0.667. The molecule has 11 nitrogen and oxygen atoms in total. The van der Waals surface area contributed by atoms with Crippen LogP contribution in [-0.2, 0) is 27.6 Å². The van der Waals surface area contributed by atoms with Crippen molar-refractivity contribution in [2.24, 2.45) is 5.92 Å². The van der Waals surface area contributed by atoms with Gasteiger partial charge in [0, 0.05) is 25.3 Å². The average molecular weight is 401 g/mol. The van der Waals surface area contributed by atoms with Gasteiger partial charge in [0.1, 0.15) is 18.3 Å². The molecule has 1 aromatic heterocycles. The van der Waals surface area contributed by atoms with Gasteiger partial charge in [-0.15, -0.1) is 0 Å². The molecule has 3 heterocycles. The number of ether oxygens (including phenoxy) is 2. The molecule has 0 amide bonds. The number of hydrogen-bond donors (Lipinski definition) is 1.